The zero-order valence-electron chi connectivity index (χ0n) is 21.2. The monoisotopic (exact) mass is 561 g/mol. The minimum atomic E-state index is -4.48. The second-order valence-electron chi connectivity index (χ2n) is 10.2. The lowest BCUT2D eigenvalue weighted by Crippen LogP contribution is -2.51. The molecule has 7 nitrogen and oxygen atoms in total. The number of piperazine rings is 2. The predicted molar refractivity (Wildman–Crippen MR) is 143 cm³/mol. The van der Waals surface area contributed by atoms with E-state index in [1.54, 1.807) is 17.0 Å². The molecule has 12 heteroatoms. The number of hydrogen-bond donors (Lipinski definition) is 0. The fourth-order valence-corrected chi connectivity index (χ4v) is 5.90. The minimum Gasteiger partial charge on any atom is -0.353 e. The van der Waals surface area contributed by atoms with Gasteiger partial charge in [0, 0.05) is 69.7 Å². The van der Waals surface area contributed by atoms with Gasteiger partial charge in [0.15, 0.2) is 0 Å². The maximum atomic E-state index is 13.9. The van der Waals surface area contributed by atoms with E-state index < -0.39 is 17.6 Å². The summed E-state index contributed by atoms with van der Waals surface area (Å²) in [6.07, 6.45) is -0.754. The first kappa shape index (κ1) is 26.1. The first-order chi connectivity index (χ1) is 18.8. The summed E-state index contributed by atoms with van der Waals surface area (Å²) in [7, 11) is 0. The number of pyridine rings is 1. The highest BCUT2D eigenvalue weighted by molar-refractivity contribution is 6.31. The molecule has 1 atom stereocenters. The van der Waals surface area contributed by atoms with E-state index in [1.807, 2.05) is 6.07 Å². The van der Waals surface area contributed by atoms with Crippen molar-refractivity contribution in [3.63, 3.8) is 0 Å². The Balaban J connectivity index is 1.28. The third-order valence-corrected chi connectivity index (χ3v) is 8.07. The molecule has 0 aliphatic carbocycles. The Morgan fingerprint density at radius 2 is 1.64 bits per heavy atom. The highest BCUT2D eigenvalue weighted by atomic mass is 35.5. The van der Waals surface area contributed by atoms with Crippen LogP contribution in [0.3, 0.4) is 0 Å². The molecule has 0 radical (unpaired) electrons. The number of alkyl halides is 3. The molecule has 3 saturated heterocycles. The van der Waals surface area contributed by atoms with Crippen LogP contribution in [0.5, 0.6) is 0 Å². The molecule has 0 N–H and O–H groups in total. The number of nitrogens with zero attached hydrogens (tertiary/aromatic N) is 7. The molecular formula is C27H28ClF4N7. The minimum absolute atomic E-state index is 0.0122. The fraction of sp³-hybridized carbons (Fsp3) is 0.444. The second-order valence-corrected chi connectivity index (χ2v) is 10.6. The van der Waals surface area contributed by atoms with Crippen molar-refractivity contribution in [3.05, 3.63) is 59.0 Å². The van der Waals surface area contributed by atoms with Gasteiger partial charge in [-0.15, -0.1) is 0 Å². The van der Waals surface area contributed by atoms with Crippen LogP contribution < -0.4 is 14.7 Å². The average molecular weight is 562 g/mol. The van der Waals surface area contributed by atoms with E-state index in [1.165, 1.54) is 24.8 Å². The Labute approximate surface area is 229 Å². The summed E-state index contributed by atoms with van der Waals surface area (Å²) in [5.41, 5.74) is 0.564. The van der Waals surface area contributed by atoms with Crippen LogP contribution in [-0.4, -0.2) is 78.3 Å². The molecule has 6 rings (SSSR count). The standard InChI is InChI=1S/C27H28ClF4N7/c28-21-15-18(5-6-22(21)29)23-16-24(35-26(34-23)39-14-9-36-8-2-3-19(36)17-39)37-10-12-38(13-11-37)25-20(27(30,31)32)4-1-7-33-25/h1,4-7,15-16,19H,2-3,8-14,17H2/t19-/m0/s1. The van der Waals surface area contributed by atoms with Gasteiger partial charge < -0.3 is 14.7 Å². The van der Waals surface area contributed by atoms with Crippen molar-refractivity contribution in [2.75, 3.05) is 67.1 Å². The Kier molecular flexibility index (Phi) is 6.96. The molecule has 3 aromatic rings. The molecule has 5 heterocycles. The van der Waals surface area contributed by atoms with Gasteiger partial charge in [-0.3, -0.25) is 4.90 Å². The van der Waals surface area contributed by atoms with Gasteiger partial charge in [0.2, 0.25) is 5.95 Å². The number of hydrogen-bond acceptors (Lipinski definition) is 7. The molecule has 0 unspecified atom stereocenters. The van der Waals surface area contributed by atoms with Crippen LogP contribution in [0.1, 0.15) is 18.4 Å². The summed E-state index contributed by atoms with van der Waals surface area (Å²) in [4.78, 5) is 22.2. The van der Waals surface area contributed by atoms with E-state index in [0.29, 0.717) is 55.2 Å². The van der Waals surface area contributed by atoms with E-state index in [2.05, 4.69) is 19.7 Å². The lowest BCUT2D eigenvalue weighted by molar-refractivity contribution is -0.137. The molecule has 0 amide bonds. The third kappa shape index (κ3) is 5.34. The lowest BCUT2D eigenvalue weighted by Gasteiger charge is -2.39. The Morgan fingerprint density at radius 1 is 0.872 bits per heavy atom. The molecule has 206 valence electrons. The summed E-state index contributed by atoms with van der Waals surface area (Å²) in [5, 5.41) is 0.0122. The fourth-order valence-electron chi connectivity index (χ4n) is 5.72. The van der Waals surface area contributed by atoms with Gasteiger partial charge in [0.25, 0.3) is 0 Å². The van der Waals surface area contributed by atoms with Crippen molar-refractivity contribution in [1.82, 2.24) is 19.9 Å². The zero-order valence-corrected chi connectivity index (χ0v) is 22.0. The number of anilines is 3. The Morgan fingerprint density at radius 3 is 2.41 bits per heavy atom. The topological polar surface area (TPSA) is 51.6 Å². The van der Waals surface area contributed by atoms with Gasteiger partial charge in [0.05, 0.1) is 16.3 Å². The van der Waals surface area contributed by atoms with Crippen molar-refractivity contribution in [2.45, 2.75) is 25.1 Å². The number of aromatic nitrogens is 3. The van der Waals surface area contributed by atoms with Crippen LogP contribution in [0, 0.1) is 5.82 Å². The summed E-state index contributed by atoms with van der Waals surface area (Å²) in [6.45, 7) is 5.35. The lowest BCUT2D eigenvalue weighted by atomic mass is 10.1. The molecule has 0 saturated carbocycles. The first-order valence-electron chi connectivity index (χ1n) is 13.1. The van der Waals surface area contributed by atoms with Crippen LogP contribution >= 0.6 is 11.6 Å². The third-order valence-electron chi connectivity index (χ3n) is 7.78. The van der Waals surface area contributed by atoms with Crippen molar-refractivity contribution >= 4 is 29.2 Å². The summed E-state index contributed by atoms with van der Waals surface area (Å²) in [6, 6.07) is 9.20. The van der Waals surface area contributed by atoms with Crippen LogP contribution in [-0.2, 0) is 6.18 Å². The summed E-state index contributed by atoms with van der Waals surface area (Å²) in [5.74, 6) is 0.724. The highest BCUT2D eigenvalue weighted by Gasteiger charge is 2.37. The summed E-state index contributed by atoms with van der Waals surface area (Å²) >= 11 is 6.08. The molecule has 2 aromatic heterocycles. The van der Waals surface area contributed by atoms with Crippen molar-refractivity contribution in [2.24, 2.45) is 0 Å². The molecule has 3 aliphatic heterocycles. The van der Waals surface area contributed by atoms with Gasteiger partial charge >= 0.3 is 6.18 Å². The van der Waals surface area contributed by atoms with Crippen LogP contribution in [0.15, 0.2) is 42.6 Å². The Hall–Kier alpha value is -3.18. The quantitative estimate of drug-likeness (QED) is 0.417. The number of halogens is 5. The van der Waals surface area contributed by atoms with E-state index in [9.17, 15) is 17.6 Å². The van der Waals surface area contributed by atoms with Crippen molar-refractivity contribution in [1.29, 1.82) is 0 Å². The van der Waals surface area contributed by atoms with E-state index >= 15 is 0 Å². The molecule has 0 bridgehead atoms. The Bertz CT molecular complexity index is 1350. The summed E-state index contributed by atoms with van der Waals surface area (Å²) < 4.78 is 54.6. The van der Waals surface area contributed by atoms with Crippen molar-refractivity contribution < 1.29 is 17.6 Å². The number of rotatable bonds is 4. The zero-order chi connectivity index (χ0) is 27.1. The molecule has 0 spiro atoms. The van der Waals surface area contributed by atoms with E-state index in [4.69, 9.17) is 21.6 Å². The largest absolute Gasteiger partial charge is 0.419 e. The molecule has 1 aromatic carbocycles. The number of fused-ring (bicyclic) bond motifs is 1. The predicted octanol–water partition coefficient (Wildman–Crippen LogP) is 4.96. The van der Waals surface area contributed by atoms with Gasteiger partial charge in [-0.1, -0.05) is 11.6 Å². The maximum absolute atomic E-state index is 13.9. The normalized spacial score (nSPS) is 20.4. The van der Waals surface area contributed by atoms with Gasteiger partial charge in [0.1, 0.15) is 17.5 Å². The smallest absolute Gasteiger partial charge is 0.353 e. The molecule has 39 heavy (non-hydrogen) atoms. The SMILES string of the molecule is Fc1ccc(-c2cc(N3CCN(c4ncccc4C(F)(F)F)CC3)nc(N3CCN4CCC[C@H]4C3)n2)cc1Cl. The van der Waals surface area contributed by atoms with Crippen molar-refractivity contribution in [3.8, 4) is 11.3 Å². The van der Waals surface area contributed by atoms with E-state index in [0.717, 1.165) is 38.7 Å². The van der Waals surface area contributed by atoms with Crippen LogP contribution in [0.25, 0.3) is 11.3 Å². The molecular weight excluding hydrogens is 534 g/mol. The maximum Gasteiger partial charge on any atom is 0.419 e. The van der Waals surface area contributed by atoms with Gasteiger partial charge in [-0.05, 0) is 49.7 Å². The first-order valence-corrected chi connectivity index (χ1v) is 13.5. The van der Waals surface area contributed by atoms with Crippen LogP contribution in [0.4, 0.5) is 35.1 Å². The molecule has 3 aliphatic rings. The highest BCUT2D eigenvalue weighted by Crippen LogP contribution is 2.36. The van der Waals surface area contributed by atoms with Gasteiger partial charge in [-0.2, -0.15) is 18.2 Å². The molecule has 3 fully saturated rings. The average Bonchev–Trinajstić information content (AvgIpc) is 3.42. The second kappa shape index (κ2) is 10.4. The van der Waals surface area contributed by atoms with E-state index in [-0.39, 0.29) is 10.8 Å². The van der Waals surface area contributed by atoms with Crippen LogP contribution in [0.2, 0.25) is 5.02 Å². The number of benzene rings is 1. The van der Waals surface area contributed by atoms with Gasteiger partial charge in [-0.25, -0.2) is 14.4 Å².